The van der Waals surface area contributed by atoms with Crippen molar-refractivity contribution in [2.75, 3.05) is 26.4 Å². The summed E-state index contributed by atoms with van der Waals surface area (Å²) in [6.07, 6.45) is 0. The molecule has 4 N–H and O–H groups in total. The number of hydrogen-bond acceptors (Lipinski definition) is 7. The van der Waals surface area contributed by atoms with Crippen molar-refractivity contribution >= 4 is 16.3 Å². The van der Waals surface area contributed by atoms with Crippen LogP contribution in [0.25, 0.3) is 0 Å². The SMILES string of the molecule is CC(=O)N(OCCO)OCCO.O=S(=O)(O)O. The number of aliphatic hydroxyl groups excluding tert-OH is 2. The van der Waals surface area contributed by atoms with Gasteiger partial charge >= 0.3 is 10.4 Å². The van der Waals surface area contributed by atoms with Crippen molar-refractivity contribution in [1.82, 2.24) is 5.23 Å². The highest BCUT2D eigenvalue weighted by atomic mass is 32.3. The molecule has 0 aromatic rings. The molecule has 0 aliphatic heterocycles. The third-order valence-corrected chi connectivity index (χ3v) is 0.857. The number of rotatable bonds is 6. The Bertz CT molecular complexity index is 274. The standard InChI is InChI=1S/C6H13NO5.H2O4S/c1-6(10)7(11-4-2-8)12-5-3-9;1-5(2,3)4/h8-9H,2-5H2,1H3;(H2,1,2,3,4). The number of nitrogens with zero attached hydrogens (tertiary/aromatic N) is 1. The van der Waals surface area contributed by atoms with Gasteiger partial charge in [0.15, 0.2) is 0 Å². The molecule has 0 saturated heterocycles. The molecule has 17 heavy (non-hydrogen) atoms. The van der Waals surface area contributed by atoms with Gasteiger partial charge in [0.05, 0.1) is 13.2 Å². The van der Waals surface area contributed by atoms with Crippen molar-refractivity contribution in [1.29, 1.82) is 0 Å². The van der Waals surface area contributed by atoms with E-state index in [4.69, 9.17) is 27.7 Å². The quantitative estimate of drug-likeness (QED) is 0.319. The summed E-state index contributed by atoms with van der Waals surface area (Å²) in [7, 11) is -4.67. The first-order valence-electron chi connectivity index (χ1n) is 4.20. The lowest BCUT2D eigenvalue weighted by Gasteiger charge is -2.17. The highest BCUT2D eigenvalue weighted by molar-refractivity contribution is 7.79. The molecule has 0 aromatic heterocycles. The summed E-state index contributed by atoms with van der Waals surface area (Å²) in [4.78, 5) is 20.0. The summed E-state index contributed by atoms with van der Waals surface area (Å²) in [5, 5.41) is 17.3. The first-order chi connectivity index (χ1) is 7.72. The summed E-state index contributed by atoms with van der Waals surface area (Å²) < 4.78 is 31.6. The largest absolute Gasteiger partial charge is 0.394 e. The average molecular weight is 277 g/mol. The van der Waals surface area contributed by atoms with Crippen molar-refractivity contribution in [2.24, 2.45) is 0 Å². The van der Waals surface area contributed by atoms with E-state index in [1.165, 1.54) is 6.92 Å². The molecule has 0 aliphatic rings. The number of aliphatic hydroxyl groups is 2. The van der Waals surface area contributed by atoms with Gasteiger partial charge in [-0.1, -0.05) is 5.23 Å². The Morgan fingerprint density at radius 2 is 1.41 bits per heavy atom. The summed E-state index contributed by atoms with van der Waals surface area (Å²) in [5.41, 5.74) is 0. The number of hydrogen-bond donors (Lipinski definition) is 4. The number of amides is 1. The lowest BCUT2D eigenvalue weighted by molar-refractivity contribution is -0.343. The van der Waals surface area contributed by atoms with E-state index in [1.807, 2.05) is 0 Å². The van der Waals surface area contributed by atoms with Gasteiger partial charge in [-0.15, -0.1) is 0 Å². The highest BCUT2D eigenvalue weighted by Gasteiger charge is 2.08. The summed E-state index contributed by atoms with van der Waals surface area (Å²) >= 11 is 0. The monoisotopic (exact) mass is 277 g/mol. The van der Waals surface area contributed by atoms with Crippen LogP contribution < -0.4 is 0 Å². The molecule has 0 atom stereocenters. The maximum atomic E-state index is 10.7. The van der Waals surface area contributed by atoms with Crippen LogP contribution in [0.2, 0.25) is 0 Å². The lowest BCUT2D eigenvalue weighted by Crippen LogP contribution is -2.31. The molecule has 0 aromatic carbocycles. The summed E-state index contributed by atoms with van der Waals surface area (Å²) in [6.45, 7) is 0.795. The first-order valence-corrected chi connectivity index (χ1v) is 5.60. The number of carbonyl (C=O) groups is 1. The highest BCUT2D eigenvalue weighted by Crippen LogP contribution is 1.92. The maximum Gasteiger partial charge on any atom is 0.394 e. The zero-order valence-electron chi connectivity index (χ0n) is 9.01. The molecule has 10 nitrogen and oxygen atoms in total. The van der Waals surface area contributed by atoms with Gasteiger partial charge in [-0.2, -0.15) is 8.42 Å². The second kappa shape index (κ2) is 10.3. The van der Waals surface area contributed by atoms with Crippen LogP contribution in [0.3, 0.4) is 0 Å². The van der Waals surface area contributed by atoms with Gasteiger partial charge in [-0.3, -0.25) is 13.9 Å². The van der Waals surface area contributed by atoms with Gasteiger partial charge in [-0.25, -0.2) is 9.68 Å². The molecule has 0 rings (SSSR count). The molecule has 0 radical (unpaired) electrons. The van der Waals surface area contributed by atoms with E-state index >= 15 is 0 Å². The molecule has 0 aliphatic carbocycles. The lowest BCUT2D eigenvalue weighted by atomic mass is 10.7. The molecule has 0 heterocycles. The minimum absolute atomic E-state index is 0.0228. The summed E-state index contributed by atoms with van der Waals surface area (Å²) in [5.74, 6) is -0.447. The van der Waals surface area contributed by atoms with E-state index in [9.17, 15) is 4.79 Å². The second-order valence-electron chi connectivity index (χ2n) is 2.34. The normalized spacial score (nSPS) is 10.4. The molecule has 11 heteroatoms. The van der Waals surface area contributed by atoms with E-state index in [2.05, 4.69) is 9.68 Å². The van der Waals surface area contributed by atoms with Crippen LogP contribution in [-0.4, -0.2) is 65.3 Å². The van der Waals surface area contributed by atoms with E-state index in [1.54, 1.807) is 0 Å². The molecular weight excluding hydrogens is 262 g/mol. The van der Waals surface area contributed by atoms with Gasteiger partial charge in [0.1, 0.15) is 13.2 Å². The van der Waals surface area contributed by atoms with Gasteiger partial charge in [0.2, 0.25) is 0 Å². The third-order valence-electron chi connectivity index (χ3n) is 0.857. The van der Waals surface area contributed by atoms with Crippen molar-refractivity contribution in [3.8, 4) is 0 Å². The van der Waals surface area contributed by atoms with Crippen molar-refractivity contribution < 1.29 is 42.2 Å². The molecule has 104 valence electrons. The van der Waals surface area contributed by atoms with Crippen LogP contribution in [0, 0.1) is 0 Å². The van der Waals surface area contributed by atoms with Crippen LogP contribution in [0.5, 0.6) is 0 Å². The van der Waals surface area contributed by atoms with Crippen molar-refractivity contribution in [2.45, 2.75) is 6.92 Å². The van der Waals surface area contributed by atoms with Crippen LogP contribution in [0.1, 0.15) is 6.92 Å². The number of carbonyl (C=O) groups excluding carboxylic acids is 1. The predicted molar refractivity (Wildman–Crippen MR) is 52.8 cm³/mol. The van der Waals surface area contributed by atoms with Crippen molar-refractivity contribution in [3.05, 3.63) is 0 Å². The minimum Gasteiger partial charge on any atom is -0.394 e. The van der Waals surface area contributed by atoms with Crippen LogP contribution >= 0.6 is 0 Å². The first kappa shape index (κ1) is 18.5. The Kier molecular flexibility index (Phi) is 11.3. The van der Waals surface area contributed by atoms with Gasteiger partial charge in [0.25, 0.3) is 5.91 Å². The molecular formula is C6H15NO9S. The number of hydroxylamine groups is 2. The van der Waals surface area contributed by atoms with E-state index in [0.717, 1.165) is 0 Å². The zero-order chi connectivity index (χ0) is 13.9. The Morgan fingerprint density at radius 3 is 1.59 bits per heavy atom. The van der Waals surface area contributed by atoms with Crippen molar-refractivity contribution in [3.63, 3.8) is 0 Å². The molecule has 0 bridgehead atoms. The van der Waals surface area contributed by atoms with Gasteiger partial charge in [-0.05, 0) is 0 Å². The van der Waals surface area contributed by atoms with E-state index in [-0.39, 0.29) is 26.4 Å². The topological polar surface area (TPSA) is 154 Å². The smallest absolute Gasteiger partial charge is 0.394 e. The van der Waals surface area contributed by atoms with E-state index < -0.39 is 16.3 Å². The van der Waals surface area contributed by atoms with Crippen LogP contribution in [-0.2, 0) is 24.9 Å². The summed E-state index contributed by atoms with van der Waals surface area (Å²) in [6, 6.07) is 0. The molecule has 1 amide bonds. The fourth-order valence-electron chi connectivity index (χ4n) is 0.467. The molecule has 0 fully saturated rings. The Hall–Kier alpha value is -0.820. The third kappa shape index (κ3) is 21.1. The van der Waals surface area contributed by atoms with Crippen LogP contribution in [0.4, 0.5) is 0 Å². The second-order valence-corrected chi connectivity index (χ2v) is 3.23. The Labute approximate surface area is 97.8 Å². The molecule has 0 spiro atoms. The van der Waals surface area contributed by atoms with Gasteiger partial charge < -0.3 is 10.2 Å². The van der Waals surface area contributed by atoms with E-state index in [0.29, 0.717) is 5.23 Å². The average Bonchev–Trinajstić information content (AvgIpc) is 2.15. The Balaban J connectivity index is 0. The zero-order valence-corrected chi connectivity index (χ0v) is 9.83. The fourth-order valence-corrected chi connectivity index (χ4v) is 0.467. The molecule has 0 saturated carbocycles. The fraction of sp³-hybridized carbons (Fsp3) is 0.833. The van der Waals surface area contributed by atoms with Gasteiger partial charge in [0, 0.05) is 6.92 Å². The molecule has 0 unspecified atom stereocenters. The van der Waals surface area contributed by atoms with Crippen LogP contribution in [0.15, 0.2) is 0 Å². The maximum absolute atomic E-state index is 10.7. The minimum atomic E-state index is -4.67. The Morgan fingerprint density at radius 1 is 1.12 bits per heavy atom. The predicted octanol–water partition coefficient (Wildman–Crippen LogP) is -1.97.